The summed E-state index contributed by atoms with van der Waals surface area (Å²) in [5.74, 6) is 2.02. The number of anilines is 1. The van der Waals surface area contributed by atoms with Gasteiger partial charge >= 0.3 is 0 Å². The zero-order valence-electron chi connectivity index (χ0n) is 26.4. The highest BCUT2D eigenvalue weighted by molar-refractivity contribution is 8.00. The van der Waals surface area contributed by atoms with Crippen LogP contribution in [0.5, 0.6) is 17.2 Å². The lowest BCUT2D eigenvalue weighted by Gasteiger charge is -2.35. The summed E-state index contributed by atoms with van der Waals surface area (Å²) in [6, 6.07) is 21.0. The number of hydrogen-bond acceptors (Lipinski definition) is 7. The number of hydrogen-bond donors (Lipinski definition) is 0. The zero-order valence-corrected chi connectivity index (χ0v) is 27.2. The van der Waals surface area contributed by atoms with Crippen LogP contribution in [0.15, 0.2) is 59.5 Å². The molecule has 7 nitrogen and oxygen atoms in total. The third-order valence-electron chi connectivity index (χ3n) is 8.45. The van der Waals surface area contributed by atoms with Crippen molar-refractivity contribution in [3.63, 3.8) is 0 Å². The molecule has 0 saturated carbocycles. The maximum Gasteiger partial charge on any atom is 0.223 e. The Morgan fingerprint density at radius 3 is 2.35 bits per heavy atom. The van der Waals surface area contributed by atoms with Crippen LogP contribution in [-0.4, -0.2) is 52.3 Å². The van der Waals surface area contributed by atoms with Crippen LogP contribution >= 0.6 is 11.8 Å². The summed E-state index contributed by atoms with van der Waals surface area (Å²) in [7, 11) is 7.02. The summed E-state index contributed by atoms with van der Waals surface area (Å²) >= 11 is 1.59. The normalized spacial score (nSPS) is 14.8. The molecule has 0 aliphatic carbocycles. The quantitative estimate of drug-likeness (QED) is 0.202. The molecule has 1 aliphatic heterocycles. The van der Waals surface area contributed by atoms with Gasteiger partial charge in [-0.1, -0.05) is 41.6 Å². The number of amides is 1. The van der Waals surface area contributed by atoms with E-state index in [0.717, 1.165) is 47.7 Å². The topological polar surface area (TPSA) is 75.0 Å². The Bertz CT molecular complexity index is 1470. The first kappa shape index (κ1) is 32.2. The van der Waals surface area contributed by atoms with Gasteiger partial charge in [-0.15, -0.1) is 0 Å². The van der Waals surface area contributed by atoms with Gasteiger partial charge in [-0.2, -0.15) is 5.26 Å². The summed E-state index contributed by atoms with van der Waals surface area (Å²) in [5.41, 5.74) is 5.38. The fourth-order valence-electron chi connectivity index (χ4n) is 5.89. The molecule has 1 heterocycles. The van der Waals surface area contributed by atoms with Gasteiger partial charge in [0.1, 0.15) is 10.5 Å². The highest BCUT2D eigenvalue weighted by atomic mass is 32.2. The SMILES string of the molecule is COc1ccc(C(C#N)(CCCN(C)C(C)c2ccc(OC)c3c2CCCN3C(C)=O)Sc2ccc(C)cc2)cc1OC. The van der Waals surface area contributed by atoms with Gasteiger partial charge in [0.2, 0.25) is 5.91 Å². The largest absolute Gasteiger partial charge is 0.495 e. The summed E-state index contributed by atoms with van der Waals surface area (Å²) in [4.78, 5) is 17.7. The van der Waals surface area contributed by atoms with Crippen LogP contribution in [0.2, 0.25) is 0 Å². The van der Waals surface area contributed by atoms with Crippen molar-refractivity contribution in [1.82, 2.24) is 4.90 Å². The van der Waals surface area contributed by atoms with Gasteiger partial charge in [-0.3, -0.25) is 9.69 Å². The summed E-state index contributed by atoms with van der Waals surface area (Å²) in [6.45, 7) is 7.39. The lowest BCUT2D eigenvalue weighted by atomic mass is 9.91. The molecule has 3 aromatic rings. The van der Waals surface area contributed by atoms with E-state index in [4.69, 9.17) is 14.2 Å². The Morgan fingerprint density at radius 1 is 1.05 bits per heavy atom. The Labute approximate surface area is 260 Å². The third-order valence-corrected chi connectivity index (χ3v) is 9.84. The molecular formula is C35H43N3O4S. The van der Waals surface area contributed by atoms with Gasteiger partial charge in [0, 0.05) is 24.4 Å². The zero-order chi connectivity index (χ0) is 31.1. The Hall–Kier alpha value is -3.67. The molecule has 2 atom stereocenters. The van der Waals surface area contributed by atoms with E-state index < -0.39 is 4.75 Å². The van der Waals surface area contributed by atoms with Crippen molar-refractivity contribution in [1.29, 1.82) is 5.26 Å². The van der Waals surface area contributed by atoms with E-state index in [1.54, 1.807) is 40.0 Å². The maximum absolute atomic E-state index is 12.5. The van der Waals surface area contributed by atoms with E-state index >= 15 is 0 Å². The van der Waals surface area contributed by atoms with Crippen molar-refractivity contribution >= 4 is 23.4 Å². The second-order valence-electron chi connectivity index (χ2n) is 11.1. The Morgan fingerprint density at radius 2 is 1.72 bits per heavy atom. The number of nitrogens with zero attached hydrogens (tertiary/aromatic N) is 3. The predicted molar refractivity (Wildman–Crippen MR) is 173 cm³/mol. The van der Waals surface area contributed by atoms with Crippen molar-refractivity contribution in [3.05, 3.63) is 76.9 Å². The van der Waals surface area contributed by atoms with Crippen molar-refractivity contribution in [2.75, 3.05) is 46.4 Å². The number of carbonyl (C=O) groups is 1. The van der Waals surface area contributed by atoms with Gasteiger partial charge in [0.15, 0.2) is 11.5 Å². The highest BCUT2D eigenvalue weighted by Crippen LogP contribution is 2.47. The third kappa shape index (κ3) is 6.95. The van der Waals surface area contributed by atoms with Crippen molar-refractivity contribution in [3.8, 4) is 23.3 Å². The summed E-state index contributed by atoms with van der Waals surface area (Å²) < 4.78 is 15.9. The number of methoxy groups -OCH3 is 3. The first-order valence-corrected chi connectivity index (χ1v) is 15.6. The van der Waals surface area contributed by atoms with Gasteiger partial charge in [0.25, 0.3) is 0 Å². The van der Waals surface area contributed by atoms with Crippen LogP contribution in [0.1, 0.15) is 61.4 Å². The fraction of sp³-hybridized carbons (Fsp3) is 0.429. The minimum atomic E-state index is -0.819. The summed E-state index contributed by atoms with van der Waals surface area (Å²) in [6.07, 6.45) is 3.29. The number of ether oxygens (including phenoxy) is 3. The summed E-state index contributed by atoms with van der Waals surface area (Å²) in [5, 5.41) is 10.7. The predicted octanol–water partition coefficient (Wildman–Crippen LogP) is 7.30. The molecule has 0 saturated heterocycles. The van der Waals surface area contributed by atoms with Gasteiger partial charge in [-0.25, -0.2) is 0 Å². The average Bonchev–Trinajstić information content (AvgIpc) is 3.03. The lowest BCUT2D eigenvalue weighted by molar-refractivity contribution is -0.116. The number of aryl methyl sites for hydroxylation is 1. The molecule has 0 radical (unpaired) electrons. The van der Waals surface area contributed by atoms with E-state index in [0.29, 0.717) is 24.5 Å². The van der Waals surface area contributed by atoms with E-state index in [9.17, 15) is 10.1 Å². The van der Waals surface area contributed by atoms with Crippen LogP contribution < -0.4 is 19.1 Å². The first-order valence-electron chi connectivity index (χ1n) is 14.8. The smallest absolute Gasteiger partial charge is 0.223 e. The Kier molecular flexibility index (Phi) is 10.6. The van der Waals surface area contributed by atoms with Gasteiger partial charge in [0.05, 0.1) is 33.1 Å². The van der Waals surface area contributed by atoms with Crippen molar-refractivity contribution in [2.45, 2.75) is 62.1 Å². The van der Waals surface area contributed by atoms with E-state index in [-0.39, 0.29) is 11.9 Å². The molecule has 0 N–H and O–H groups in total. The lowest BCUT2D eigenvalue weighted by Crippen LogP contribution is -2.35. The van der Waals surface area contributed by atoms with E-state index in [2.05, 4.69) is 62.2 Å². The van der Waals surface area contributed by atoms with Crippen LogP contribution in [0.4, 0.5) is 5.69 Å². The number of fused-ring (bicyclic) bond motifs is 1. The number of benzene rings is 3. The molecule has 1 amide bonds. The van der Waals surface area contributed by atoms with E-state index in [1.807, 2.05) is 29.2 Å². The monoisotopic (exact) mass is 601 g/mol. The Balaban J connectivity index is 1.59. The molecule has 228 valence electrons. The molecular weight excluding hydrogens is 558 g/mol. The van der Waals surface area contributed by atoms with E-state index in [1.165, 1.54) is 16.7 Å². The fourth-order valence-corrected chi connectivity index (χ4v) is 7.10. The molecule has 2 unspecified atom stereocenters. The molecule has 8 heteroatoms. The molecule has 4 rings (SSSR count). The van der Waals surface area contributed by atoms with Crippen LogP contribution in [0.25, 0.3) is 0 Å². The number of thioether (sulfide) groups is 1. The molecule has 0 spiro atoms. The first-order chi connectivity index (χ1) is 20.7. The van der Waals surface area contributed by atoms with Crippen LogP contribution in [0.3, 0.4) is 0 Å². The number of carbonyl (C=O) groups excluding carboxylic acids is 1. The molecule has 0 bridgehead atoms. The van der Waals surface area contributed by atoms with Crippen LogP contribution in [0, 0.1) is 18.3 Å². The van der Waals surface area contributed by atoms with Crippen molar-refractivity contribution in [2.24, 2.45) is 0 Å². The number of rotatable bonds is 12. The molecule has 0 fully saturated rings. The number of nitriles is 1. The highest BCUT2D eigenvalue weighted by Gasteiger charge is 2.35. The minimum absolute atomic E-state index is 0.0338. The standard InChI is InChI=1S/C35H43N3O4S/c1-24-11-14-28(15-12-24)43-35(23-36,27-13-17-31(40-5)33(22-27)42-7)19-9-20-37(4)25(2)29-16-18-32(41-6)34-30(29)10-8-21-38(34)26(3)39/h11-18,22,25H,8-10,19-21H2,1-7H3. The maximum atomic E-state index is 12.5. The second-order valence-corrected chi connectivity index (χ2v) is 12.5. The molecule has 3 aromatic carbocycles. The van der Waals surface area contributed by atoms with Crippen molar-refractivity contribution < 1.29 is 19.0 Å². The van der Waals surface area contributed by atoms with Gasteiger partial charge in [-0.05, 0) is 100 Å². The molecule has 43 heavy (non-hydrogen) atoms. The molecule has 0 aromatic heterocycles. The molecule has 1 aliphatic rings. The second kappa shape index (κ2) is 14.2. The minimum Gasteiger partial charge on any atom is -0.495 e. The van der Waals surface area contributed by atoms with Gasteiger partial charge < -0.3 is 19.1 Å². The van der Waals surface area contributed by atoms with Crippen LogP contribution in [-0.2, 0) is 16.0 Å². The average molecular weight is 602 g/mol.